The average Bonchev–Trinajstić information content (AvgIpc) is 2.64. The van der Waals surface area contributed by atoms with E-state index in [9.17, 15) is 9.59 Å². The molecule has 1 N–H and O–H groups in total. The van der Waals surface area contributed by atoms with Gasteiger partial charge in [-0.15, -0.1) is 11.3 Å². The van der Waals surface area contributed by atoms with Crippen LogP contribution >= 0.6 is 27.3 Å². The van der Waals surface area contributed by atoms with Gasteiger partial charge in [0.1, 0.15) is 0 Å². The summed E-state index contributed by atoms with van der Waals surface area (Å²) in [7, 11) is 0. The molecule has 0 saturated carbocycles. The topological polar surface area (TPSA) is 46.2 Å². The van der Waals surface area contributed by atoms with Gasteiger partial charge >= 0.3 is 0 Å². The summed E-state index contributed by atoms with van der Waals surface area (Å²) in [5.41, 5.74) is 0. The molecule has 0 spiro atoms. The molecule has 0 aliphatic rings. The monoisotopic (exact) mass is 289 g/mol. The Bertz CT molecular complexity index is 362. The average molecular weight is 290 g/mol. The third-order valence-corrected chi connectivity index (χ3v) is 3.44. The lowest BCUT2D eigenvalue weighted by molar-refractivity contribution is -0.116. The van der Waals surface area contributed by atoms with E-state index >= 15 is 0 Å². The number of carbonyl (C=O) groups is 2. The van der Waals surface area contributed by atoms with Crippen molar-refractivity contribution in [1.82, 2.24) is 5.32 Å². The highest BCUT2D eigenvalue weighted by Crippen LogP contribution is 2.22. The van der Waals surface area contributed by atoms with Gasteiger partial charge < -0.3 is 5.32 Å². The predicted molar refractivity (Wildman–Crippen MR) is 64.3 cm³/mol. The molecule has 5 heteroatoms. The van der Waals surface area contributed by atoms with Crippen molar-refractivity contribution >= 4 is 39.0 Å². The van der Waals surface area contributed by atoms with E-state index < -0.39 is 11.7 Å². The van der Waals surface area contributed by atoms with Gasteiger partial charge in [-0.2, -0.15) is 0 Å². The lowest BCUT2D eigenvalue weighted by atomic mass is 10.3. The number of nitrogens with one attached hydrogen (secondary N) is 1. The Hall–Kier alpha value is -0.680. The Morgan fingerprint density at radius 1 is 1.47 bits per heavy atom. The van der Waals surface area contributed by atoms with Crippen LogP contribution in [0.2, 0.25) is 0 Å². The summed E-state index contributed by atoms with van der Waals surface area (Å²) in [5, 5.41) is 2.59. The first-order valence-electron chi connectivity index (χ1n) is 4.73. The molecule has 0 fully saturated rings. The van der Waals surface area contributed by atoms with Crippen LogP contribution in [0.3, 0.4) is 0 Å². The minimum absolute atomic E-state index is 0.457. The van der Waals surface area contributed by atoms with E-state index in [1.807, 2.05) is 6.92 Å². The number of ketones is 1. The van der Waals surface area contributed by atoms with E-state index in [1.54, 1.807) is 12.1 Å². The van der Waals surface area contributed by atoms with Crippen LogP contribution in [0.1, 0.15) is 29.4 Å². The predicted octanol–water partition coefficient (Wildman–Crippen LogP) is 2.61. The molecule has 1 amide bonds. The van der Waals surface area contributed by atoms with Crippen LogP contribution in [-0.4, -0.2) is 18.2 Å². The van der Waals surface area contributed by atoms with E-state index in [0.29, 0.717) is 11.4 Å². The molecule has 1 aromatic rings. The van der Waals surface area contributed by atoms with E-state index in [2.05, 4.69) is 21.2 Å². The zero-order valence-corrected chi connectivity index (χ0v) is 10.8. The van der Waals surface area contributed by atoms with Crippen LogP contribution in [0, 0.1) is 0 Å². The third-order valence-electron chi connectivity index (χ3n) is 1.82. The second kappa shape index (κ2) is 6.02. The van der Waals surface area contributed by atoms with Gasteiger partial charge in [-0.1, -0.05) is 13.3 Å². The molecule has 0 unspecified atom stereocenters. The Balaban J connectivity index is 2.50. The molecule has 1 heterocycles. The Kier molecular flexibility index (Phi) is 4.98. The summed E-state index contributed by atoms with van der Waals surface area (Å²) in [6, 6.07) is 3.41. The van der Waals surface area contributed by atoms with Crippen molar-refractivity contribution in [1.29, 1.82) is 0 Å². The van der Waals surface area contributed by atoms with Crippen molar-refractivity contribution in [3.05, 3.63) is 20.8 Å². The number of amides is 1. The molecule has 1 rings (SSSR count). The third kappa shape index (κ3) is 3.76. The van der Waals surface area contributed by atoms with Gasteiger partial charge in [0.25, 0.3) is 11.7 Å². The maximum Gasteiger partial charge on any atom is 0.293 e. The van der Waals surface area contributed by atoms with Crippen molar-refractivity contribution in [2.24, 2.45) is 0 Å². The summed E-state index contributed by atoms with van der Waals surface area (Å²) in [6.07, 6.45) is 1.90. The van der Waals surface area contributed by atoms with Crippen molar-refractivity contribution in [3.63, 3.8) is 0 Å². The summed E-state index contributed by atoms with van der Waals surface area (Å²) >= 11 is 4.52. The molecule has 82 valence electrons. The van der Waals surface area contributed by atoms with Gasteiger partial charge in [0.2, 0.25) is 0 Å². The molecule has 0 bridgehead atoms. The van der Waals surface area contributed by atoms with Crippen LogP contribution in [0.4, 0.5) is 0 Å². The van der Waals surface area contributed by atoms with Gasteiger partial charge in [-0.25, -0.2) is 0 Å². The van der Waals surface area contributed by atoms with Crippen LogP contribution < -0.4 is 5.32 Å². The Morgan fingerprint density at radius 2 is 2.20 bits per heavy atom. The Labute approximate surface area is 101 Å². The van der Waals surface area contributed by atoms with Gasteiger partial charge in [0, 0.05) is 6.54 Å². The van der Waals surface area contributed by atoms with E-state index in [-0.39, 0.29) is 0 Å². The van der Waals surface area contributed by atoms with Crippen molar-refractivity contribution in [2.45, 2.75) is 19.8 Å². The van der Waals surface area contributed by atoms with E-state index in [0.717, 1.165) is 16.6 Å². The van der Waals surface area contributed by atoms with Crippen LogP contribution in [0.25, 0.3) is 0 Å². The van der Waals surface area contributed by atoms with Gasteiger partial charge in [-0.05, 0) is 34.5 Å². The number of thiophene rings is 1. The summed E-state index contributed by atoms with van der Waals surface area (Å²) in [4.78, 5) is 23.4. The lowest BCUT2D eigenvalue weighted by Crippen LogP contribution is -2.31. The normalized spacial score (nSPS) is 10.0. The fraction of sp³-hybridized carbons (Fsp3) is 0.400. The number of hydrogen-bond acceptors (Lipinski definition) is 3. The molecular weight excluding hydrogens is 278 g/mol. The second-order valence-corrected chi connectivity index (χ2v) is 5.51. The maximum absolute atomic E-state index is 11.5. The molecule has 0 saturated heterocycles. The summed E-state index contributed by atoms with van der Waals surface area (Å²) in [6.45, 7) is 2.60. The first kappa shape index (κ1) is 12.4. The summed E-state index contributed by atoms with van der Waals surface area (Å²) in [5.74, 6) is -0.973. The molecule has 0 aromatic carbocycles. The highest BCUT2D eigenvalue weighted by Gasteiger charge is 2.16. The fourth-order valence-electron chi connectivity index (χ4n) is 1.01. The molecule has 0 radical (unpaired) electrons. The number of hydrogen-bond donors (Lipinski definition) is 1. The highest BCUT2D eigenvalue weighted by atomic mass is 79.9. The number of rotatable bonds is 5. The minimum atomic E-state index is -0.516. The van der Waals surface area contributed by atoms with Crippen LogP contribution in [0.15, 0.2) is 15.9 Å². The van der Waals surface area contributed by atoms with Crippen LogP contribution in [-0.2, 0) is 4.79 Å². The van der Waals surface area contributed by atoms with Crippen molar-refractivity contribution in [3.8, 4) is 0 Å². The molecule has 0 aliphatic carbocycles. The van der Waals surface area contributed by atoms with Crippen LogP contribution in [0.5, 0.6) is 0 Å². The molecule has 1 aromatic heterocycles. The zero-order chi connectivity index (χ0) is 11.3. The maximum atomic E-state index is 11.5. The first-order valence-corrected chi connectivity index (χ1v) is 6.34. The van der Waals surface area contributed by atoms with Gasteiger partial charge in [-0.3, -0.25) is 9.59 Å². The Morgan fingerprint density at radius 3 is 2.73 bits per heavy atom. The highest BCUT2D eigenvalue weighted by molar-refractivity contribution is 9.11. The summed E-state index contributed by atoms with van der Waals surface area (Å²) < 4.78 is 0.854. The molecule has 0 atom stereocenters. The molecule has 15 heavy (non-hydrogen) atoms. The number of halogens is 1. The molecule has 0 aliphatic heterocycles. The smallest absolute Gasteiger partial charge is 0.293 e. The lowest BCUT2D eigenvalue weighted by Gasteiger charge is -2.01. The minimum Gasteiger partial charge on any atom is -0.349 e. The first-order chi connectivity index (χ1) is 7.15. The fourth-order valence-corrected chi connectivity index (χ4v) is 2.33. The van der Waals surface area contributed by atoms with E-state index in [4.69, 9.17) is 0 Å². The van der Waals surface area contributed by atoms with E-state index in [1.165, 1.54) is 11.3 Å². The SMILES string of the molecule is CCCCNC(=O)C(=O)c1ccc(Br)s1. The second-order valence-electron chi connectivity index (χ2n) is 3.04. The molecule has 3 nitrogen and oxygen atoms in total. The van der Waals surface area contributed by atoms with Gasteiger partial charge in [0.05, 0.1) is 8.66 Å². The van der Waals surface area contributed by atoms with Crippen molar-refractivity contribution in [2.75, 3.05) is 6.54 Å². The standard InChI is InChI=1S/C10H12BrNO2S/c1-2-3-6-12-10(14)9(13)7-4-5-8(11)15-7/h4-5H,2-3,6H2,1H3,(H,12,14). The number of unbranched alkanes of at least 4 members (excludes halogenated alkanes) is 1. The number of carbonyl (C=O) groups excluding carboxylic acids is 2. The largest absolute Gasteiger partial charge is 0.349 e. The van der Waals surface area contributed by atoms with Gasteiger partial charge in [0.15, 0.2) is 0 Å². The number of Topliss-reactive ketones (excluding diaryl/α,β-unsaturated/α-hetero) is 1. The van der Waals surface area contributed by atoms with Crippen molar-refractivity contribution < 1.29 is 9.59 Å². The quantitative estimate of drug-likeness (QED) is 0.515. The molecular formula is C10H12BrNO2S. The zero-order valence-electron chi connectivity index (χ0n) is 8.38.